The summed E-state index contributed by atoms with van der Waals surface area (Å²) in [5.74, 6) is 1.02. The summed E-state index contributed by atoms with van der Waals surface area (Å²) < 4.78 is 10.3. The van der Waals surface area contributed by atoms with Gasteiger partial charge in [0.2, 0.25) is 0 Å². The van der Waals surface area contributed by atoms with Crippen LogP contribution in [0.2, 0.25) is 0 Å². The van der Waals surface area contributed by atoms with E-state index in [1.807, 2.05) is 26.0 Å². The molecule has 0 spiro atoms. The number of aryl methyl sites for hydroxylation is 2. The average Bonchev–Trinajstić information content (AvgIpc) is 2.50. The van der Waals surface area contributed by atoms with Crippen LogP contribution in [-0.2, 0) is 16.0 Å². The lowest BCUT2D eigenvalue weighted by Crippen LogP contribution is -2.14. The minimum Gasteiger partial charge on any atom is -0.493 e. The van der Waals surface area contributed by atoms with Gasteiger partial charge in [-0.15, -0.1) is 0 Å². The number of thioether (sulfide) groups is 1. The standard InChI is InChI=1S/C17H20N2O4S/c1-11-6-12(2)8-14(7-11)23-4-5-24-17-18-13(9-15(20)19-17)10-16(21)22-3/h6-9H,4-5,10H2,1-3H3,(H,18,19,20). The zero-order valence-electron chi connectivity index (χ0n) is 13.9. The number of carbonyl (C=O) groups excluding carboxylic acids is 1. The highest BCUT2D eigenvalue weighted by Crippen LogP contribution is 2.17. The van der Waals surface area contributed by atoms with Crippen LogP contribution in [-0.4, -0.2) is 35.4 Å². The van der Waals surface area contributed by atoms with Gasteiger partial charge in [-0.05, 0) is 37.1 Å². The van der Waals surface area contributed by atoms with Gasteiger partial charge in [-0.3, -0.25) is 9.59 Å². The number of esters is 1. The predicted molar refractivity (Wildman–Crippen MR) is 92.7 cm³/mol. The molecular weight excluding hydrogens is 328 g/mol. The number of benzene rings is 1. The summed E-state index contributed by atoms with van der Waals surface area (Å²) in [6.07, 6.45) is -0.0208. The van der Waals surface area contributed by atoms with E-state index in [-0.39, 0.29) is 12.0 Å². The van der Waals surface area contributed by atoms with Crippen molar-refractivity contribution in [2.45, 2.75) is 25.4 Å². The van der Waals surface area contributed by atoms with Crippen molar-refractivity contribution in [2.24, 2.45) is 0 Å². The van der Waals surface area contributed by atoms with E-state index in [0.29, 0.717) is 23.2 Å². The SMILES string of the molecule is COC(=O)Cc1cc(=O)[nH]c(SCCOc2cc(C)cc(C)c2)n1. The number of ether oxygens (including phenoxy) is 2. The smallest absolute Gasteiger partial charge is 0.311 e. The Kier molecular flexibility index (Phi) is 6.43. The van der Waals surface area contributed by atoms with Crippen molar-refractivity contribution in [1.82, 2.24) is 9.97 Å². The molecule has 1 aromatic heterocycles. The Labute approximate surface area is 144 Å². The molecule has 24 heavy (non-hydrogen) atoms. The van der Waals surface area contributed by atoms with Gasteiger partial charge in [0.1, 0.15) is 5.75 Å². The molecule has 1 aromatic carbocycles. The molecule has 2 aromatic rings. The number of hydrogen-bond acceptors (Lipinski definition) is 6. The third kappa shape index (κ3) is 5.73. The van der Waals surface area contributed by atoms with Crippen LogP contribution in [0.25, 0.3) is 0 Å². The number of H-pyrrole nitrogens is 1. The fraction of sp³-hybridized carbons (Fsp3) is 0.353. The molecule has 6 nitrogen and oxygen atoms in total. The van der Waals surface area contributed by atoms with E-state index in [0.717, 1.165) is 16.9 Å². The maximum atomic E-state index is 11.6. The first-order chi connectivity index (χ1) is 11.5. The fourth-order valence-electron chi connectivity index (χ4n) is 2.18. The van der Waals surface area contributed by atoms with Crippen LogP contribution in [0.15, 0.2) is 34.2 Å². The Morgan fingerprint density at radius 1 is 1.21 bits per heavy atom. The van der Waals surface area contributed by atoms with Gasteiger partial charge < -0.3 is 14.5 Å². The van der Waals surface area contributed by atoms with E-state index in [2.05, 4.69) is 20.8 Å². The van der Waals surface area contributed by atoms with E-state index in [9.17, 15) is 9.59 Å². The van der Waals surface area contributed by atoms with Crippen molar-refractivity contribution in [3.63, 3.8) is 0 Å². The van der Waals surface area contributed by atoms with Gasteiger partial charge in [-0.1, -0.05) is 17.8 Å². The van der Waals surface area contributed by atoms with Crippen molar-refractivity contribution >= 4 is 17.7 Å². The highest BCUT2D eigenvalue weighted by Gasteiger charge is 2.08. The number of nitrogens with one attached hydrogen (secondary N) is 1. The molecule has 7 heteroatoms. The molecule has 0 unspecified atom stereocenters. The van der Waals surface area contributed by atoms with Crippen molar-refractivity contribution in [3.05, 3.63) is 51.4 Å². The van der Waals surface area contributed by atoms with Gasteiger partial charge in [0.15, 0.2) is 5.16 Å². The molecule has 1 N–H and O–H groups in total. The van der Waals surface area contributed by atoms with Crippen LogP contribution < -0.4 is 10.3 Å². The fourth-order valence-corrected chi connectivity index (χ4v) is 2.89. The van der Waals surface area contributed by atoms with Crippen LogP contribution in [0.5, 0.6) is 5.75 Å². The van der Waals surface area contributed by atoms with Gasteiger partial charge in [0, 0.05) is 11.8 Å². The first-order valence-corrected chi connectivity index (χ1v) is 8.46. The van der Waals surface area contributed by atoms with Crippen molar-refractivity contribution in [1.29, 1.82) is 0 Å². The first kappa shape index (κ1) is 18.1. The van der Waals surface area contributed by atoms with Gasteiger partial charge >= 0.3 is 5.97 Å². The molecule has 0 aliphatic rings. The number of rotatable bonds is 7. The molecule has 128 valence electrons. The lowest BCUT2D eigenvalue weighted by molar-refractivity contribution is -0.139. The summed E-state index contributed by atoms with van der Waals surface area (Å²) >= 11 is 1.37. The van der Waals surface area contributed by atoms with E-state index in [1.54, 1.807) is 0 Å². The number of carbonyl (C=O) groups is 1. The minimum atomic E-state index is -0.429. The maximum absolute atomic E-state index is 11.6. The van der Waals surface area contributed by atoms with Gasteiger partial charge in [0.05, 0.1) is 25.8 Å². The second-order valence-corrected chi connectivity index (χ2v) is 6.40. The van der Waals surface area contributed by atoms with E-state index >= 15 is 0 Å². The van der Waals surface area contributed by atoms with Crippen LogP contribution in [0, 0.1) is 13.8 Å². The molecule has 0 fully saturated rings. The van der Waals surface area contributed by atoms with Gasteiger partial charge in [-0.25, -0.2) is 4.98 Å². The summed E-state index contributed by atoms with van der Waals surface area (Å²) in [6.45, 7) is 4.53. The molecule has 1 heterocycles. The normalized spacial score (nSPS) is 10.5. The second kappa shape index (κ2) is 8.54. The Morgan fingerprint density at radius 3 is 2.58 bits per heavy atom. The number of methoxy groups -OCH3 is 1. The Balaban J connectivity index is 1.89. The second-order valence-electron chi connectivity index (χ2n) is 5.32. The average molecular weight is 348 g/mol. The zero-order chi connectivity index (χ0) is 17.5. The van der Waals surface area contributed by atoms with Crippen LogP contribution in [0.1, 0.15) is 16.8 Å². The first-order valence-electron chi connectivity index (χ1n) is 7.47. The van der Waals surface area contributed by atoms with Gasteiger partial charge in [0.25, 0.3) is 5.56 Å². The summed E-state index contributed by atoms with van der Waals surface area (Å²) in [6, 6.07) is 7.35. The molecule has 0 bridgehead atoms. The zero-order valence-corrected chi connectivity index (χ0v) is 14.7. The molecule has 0 radical (unpaired) electrons. The summed E-state index contributed by atoms with van der Waals surface area (Å²) in [5, 5.41) is 0.463. The molecule has 0 aliphatic carbocycles. The van der Waals surface area contributed by atoms with Crippen LogP contribution >= 0.6 is 11.8 Å². The molecule has 0 saturated carbocycles. The molecular formula is C17H20N2O4S. The third-order valence-corrected chi connectivity index (χ3v) is 3.95. The highest BCUT2D eigenvalue weighted by atomic mass is 32.2. The lowest BCUT2D eigenvalue weighted by Gasteiger charge is -2.08. The maximum Gasteiger partial charge on any atom is 0.311 e. The summed E-state index contributed by atoms with van der Waals surface area (Å²) in [7, 11) is 1.30. The van der Waals surface area contributed by atoms with Crippen molar-refractivity contribution < 1.29 is 14.3 Å². The quantitative estimate of drug-likeness (QED) is 0.358. The lowest BCUT2D eigenvalue weighted by atomic mass is 10.1. The summed E-state index contributed by atoms with van der Waals surface area (Å²) in [4.78, 5) is 29.8. The van der Waals surface area contributed by atoms with E-state index in [4.69, 9.17) is 4.74 Å². The topological polar surface area (TPSA) is 81.3 Å². The van der Waals surface area contributed by atoms with E-state index in [1.165, 1.54) is 24.9 Å². The Bertz CT molecular complexity index is 753. The van der Waals surface area contributed by atoms with Gasteiger partial charge in [-0.2, -0.15) is 0 Å². The molecule has 0 atom stereocenters. The predicted octanol–water partition coefficient (Wildman–Crippen LogP) is 2.27. The minimum absolute atomic E-state index is 0.0208. The van der Waals surface area contributed by atoms with Crippen LogP contribution in [0.4, 0.5) is 0 Å². The third-order valence-electron chi connectivity index (χ3n) is 3.11. The molecule has 0 aliphatic heterocycles. The van der Waals surface area contributed by atoms with Crippen molar-refractivity contribution in [2.75, 3.05) is 19.5 Å². The largest absolute Gasteiger partial charge is 0.493 e. The Hall–Kier alpha value is -2.28. The number of aromatic amines is 1. The molecule has 0 saturated heterocycles. The van der Waals surface area contributed by atoms with Crippen LogP contribution in [0.3, 0.4) is 0 Å². The van der Waals surface area contributed by atoms with E-state index < -0.39 is 5.97 Å². The molecule has 2 rings (SSSR count). The summed E-state index contributed by atoms with van der Waals surface area (Å²) in [5.41, 5.74) is 2.41. The monoisotopic (exact) mass is 348 g/mol. The van der Waals surface area contributed by atoms with Crippen molar-refractivity contribution in [3.8, 4) is 5.75 Å². The number of hydrogen-bond donors (Lipinski definition) is 1. The number of aromatic nitrogens is 2. The Morgan fingerprint density at radius 2 is 1.92 bits per heavy atom. The molecule has 0 amide bonds. The number of nitrogens with zero attached hydrogens (tertiary/aromatic N) is 1. The highest BCUT2D eigenvalue weighted by molar-refractivity contribution is 7.99.